The Kier molecular flexibility index (Phi) is 3.34. The van der Waals surface area contributed by atoms with E-state index in [1.165, 1.54) is 6.07 Å². The van der Waals surface area contributed by atoms with Crippen molar-refractivity contribution in [3.05, 3.63) is 23.5 Å². The van der Waals surface area contributed by atoms with Crippen LogP contribution in [0.25, 0.3) is 0 Å². The van der Waals surface area contributed by atoms with Crippen LogP contribution >= 0.6 is 0 Å². The molecule has 1 saturated carbocycles. The van der Waals surface area contributed by atoms with Crippen LogP contribution in [0, 0.1) is 5.82 Å². The average molecular weight is 292 g/mol. The van der Waals surface area contributed by atoms with Crippen molar-refractivity contribution in [2.24, 2.45) is 0 Å². The van der Waals surface area contributed by atoms with Crippen molar-refractivity contribution in [3.63, 3.8) is 0 Å². The molecule has 0 aromatic heterocycles. The Balaban J connectivity index is 2.00. The van der Waals surface area contributed by atoms with Crippen molar-refractivity contribution in [1.82, 2.24) is 0 Å². The molecule has 3 rings (SSSR count). The smallest absolute Gasteiger partial charge is 0.497 e. The van der Waals surface area contributed by atoms with Crippen molar-refractivity contribution >= 4 is 12.6 Å². The fourth-order valence-electron chi connectivity index (χ4n) is 2.63. The molecule has 5 heteroatoms. The fourth-order valence-corrected chi connectivity index (χ4v) is 2.63. The number of rotatable bonds is 3. The maximum atomic E-state index is 14.1. The summed E-state index contributed by atoms with van der Waals surface area (Å²) in [6.45, 7) is 8.02. The van der Waals surface area contributed by atoms with Crippen LogP contribution in [0.3, 0.4) is 0 Å². The molecule has 1 aromatic rings. The summed E-state index contributed by atoms with van der Waals surface area (Å²) in [5.74, 6) is 0.613. The first-order chi connectivity index (χ1) is 9.75. The summed E-state index contributed by atoms with van der Waals surface area (Å²) in [5, 5.41) is 0. The maximum Gasteiger partial charge on any atom is 0.498 e. The molecule has 2 fully saturated rings. The van der Waals surface area contributed by atoms with E-state index >= 15 is 0 Å². The van der Waals surface area contributed by atoms with E-state index in [1.807, 2.05) is 33.8 Å². The molecule has 1 aliphatic carbocycles. The second-order valence-electron chi connectivity index (χ2n) is 6.98. The molecule has 3 nitrogen and oxygen atoms in total. The summed E-state index contributed by atoms with van der Waals surface area (Å²) in [7, 11) is 1.02. The number of hydrogen-bond acceptors (Lipinski definition) is 3. The molecule has 0 spiro atoms. The molecular formula is C16H22BFO3. The van der Waals surface area contributed by atoms with Gasteiger partial charge in [0.15, 0.2) is 0 Å². The first-order valence-electron chi connectivity index (χ1n) is 7.48. The largest absolute Gasteiger partial charge is 0.498 e. The van der Waals surface area contributed by atoms with Gasteiger partial charge in [0.2, 0.25) is 0 Å². The van der Waals surface area contributed by atoms with Gasteiger partial charge >= 0.3 is 7.12 Å². The highest BCUT2D eigenvalue weighted by Gasteiger charge is 2.52. The zero-order chi connectivity index (χ0) is 15.4. The van der Waals surface area contributed by atoms with Crippen molar-refractivity contribution in [2.75, 3.05) is 7.11 Å². The van der Waals surface area contributed by atoms with Gasteiger partial charge in [0.05, 0.1) is 18.3 Å². The monoisotopic (exact) mass is 292 g/mol. The first-order valence-corrected chi connectivity index (χ1v) is 7.48. The number of halogens is 1. The van der Waals surface area contributed by atoms with Crippen molar-refractivity contribution in [1.29, 1.82) is 0 Å². The normalized spacial score (nSPS) is 23.4. The number of ether oxygens (including phenoxy) is 1. The van der Waals surface area contributed by atoms with E-state index in [-0.39, 0.29) is 5.82 Å². The lowest BCUT2D eigenvalue weighted by atomic mass is 9.77. The van der Waals surface area contributed by atoms with Gasteiger partial charge in [-0.3, -0.25) is 0 Å². The molecule has 0 amide bonds. The van der Waals surface area contributed by atoms with E-state index in [4.69, 9.17) is 14.0 Å². The van der Waals surface area contributed by atoms with E-state index in [9.17, 15) is 4.39 Å². The summed E-state index contributed by atoms with van der Waals surface area (Å²) < 4.78 is 31.6. The van der Waals surface area contributed by atoms with Crippen LogP contribution in [-0.2, 0) is 9.31 Å². The van der Waals surface area contributed by atoms with Gasteiger partial charge in [-0.1, -0.05) is 6.07 Å². The van der Waals surface area contributed by atoms with E-state index in [0.29, 0.717) is 11.7 Å². The van der Waals surface area contributed by atoms with Gasteiger partial charge in [-0.2, -0.15) is 0 Å². The highest BCUT2D eigenvalue weighted by Crippen LogP contribution is 2.42. The lowest BCUT2D eigenvalue weighted by Gasteiger charge is -2.32. The SMILES string of the molecule is COc1cc(F)c(C2CC2)cc1B1OC(C)(C)C(C)(C)O1. The summed E-state index contributed by atoms with van der Waals surface area (Å²) in [6, 6.07) is 3.31. The number of methoxy groups -OCH3 is 1. The molecule has 0 radical (unpaired) electrons. The second-order valence-corrected chi connectivity index (χ2v) is 6.98. The Hall–Kier alpha value is -1.07. The zero-order valence-electron chi connectivity index (χ0n) is 13.3. The standard InChI is InChI=1S/C16H22BFO3/c1-15(2)16(3,4)21-17(20-15)12-8-11(10-6-7-10)13(18)9-14(12)19-5/h8-10H,6-7H2,1-5H3. The highest BCUT2D eigenvalue weighted by atomic mass is 19.1. The van der Waals surface area contributed by atoms with Gasteiger partial charge in [-0.15, -0.1) is 0 Å². The number of benzene rings is 1. The van der Waals surface area contributed by atoms with Crippen LogP contribution in [-0.4, -0.2) is 25.4 Å². The van der Waals surface area contributed by atoms with E-state index in [1.54, 1.807) is 7.11 Å². The average Bonchev–Trinajstić information content (AvgIpc) is 3.17. The Morgan fingerprint density at radius 2 is 1.71 bits per heavy atom. The van der Waals surface area contributed by atoms with Crippen molar-refractivity contribution < 1.29 is 18.4 Å². The van der Waals surface area contributed by atoms with Gasteiger partial charge in [-0.25, -0.2) is 4.39 Å². The molecular weight excluding hydrogens is 270 g/mol. The Morgan fingerprint density at radius 1 is 1.14 bits per heavy atom. The van der Waals surface area contributed by atoms with Crippen LogP contribution in [0.4, 0.5) is 4.39 Å². The molecule has 1 saturated heterocycles. The van der Waals surface area contributed by atoms with E-state index in [2.05, 4.69) is 0 Å². The summed E-state index contributed by atoms with van der Waals surface area (Å²) in [6.07, 6.45) is 2.10. The van der Waals surface area contributed by atoms with Crippen LogP contribution in [0.5, 0.6) is 5.75 Å². The molecule has 1 heterocycles. The van der Waals surface area contributed by atoms with Crippen molar-refractivity contribution in [3.8, 4) is 5.75 Å². The minimum absolute atomic E-state index is 0.199. The lowest BCUT2D eigenvalue weighted by Crippen LogP contribution is -2.41. The van der Waals surface area contributed by atoms with Gasteiger partial charge < -0.3 is 14.0 Å². The third kappa shape index (κ3) is 2.47. The van der Waals surface area contributed by atoms with E-state index < -0.39 is 18.3 Å². The molecule has 0 atom stereocenters. The fraction of sp³-hybridized carbons (Fsp3) is 0.625. The Bertz CT molecular complexity index is 551. The van der Waals surface area contributed by atoms with Crippen LogP contribution in [0.1, 0.15) is 52.0 Å². The van der Waals surface area contributed by atoms with Crippen LogP contribution < -0.4 is 10.2 Å². The van der Waals surface area contributed by atoms with E-state index in [0.717, 1.165) is 23.9 Å². The van der Waals surface area contributed by atoms with Gasteiger partial charge in [-0.05, 0) is 52.0 Å². The quantitative estimate of drug-likeness (QED) is 0.802. The predicted molar refractivity (Wildman–Crippen MR) is 80.6 cm³/mol. The summed E-state index contributed by atoms with van der Waals surface area (Å²) >= 11 is 0. The van der Waals surface area contributed by atoms with Gasteiger partial charge in [0, 0.05) is 11.5 Å². The maximum absolute atomic E-state index is 14.1. The number of hydrogen-bond donors (Lipinski definition) is 0. The molecule has 114 valence electrons. The Labute approximate surface area is 125 Å². The van der Waals surface area contributed by atoms with Gasteiger partial charge in [0.25, 0.3) is 0 Å². The summed E-state index contributed by atoms with van der Waals surface area (Å²) in [4.78, 5) is 0. The van der Waals surface area contributed by atoms with Gasteiger partial charge in [0.1, 0.15) is 11.6 Å². The third-order valence-corrected chi connectivity index (χ3v) is 4.87. The van der Waals surface area contributed by atoms with Crippen molar-refractivity contribution in [2.45, 2.75) is 57.7 Å². The first kappa shape index (κ1) is 14.9. The lowest BCUT2D eigenvalue weighted by molar-refractivity contribution is 0.00578. The van der Waals surface area contributed by atoms with Crippen LogP contribution in [0.15, 0.2) is 12.1 Å². The minimum atomic E-state index is -0.525. The molecule has 0 N–H and O–H groups in total. The molecule has 21 heavy (non-hydrogen) atoms. The zero-order valence-corrected chi connectivity index (χ0v) is 13.3. The highest BCUT2D eigenvalue weighted by molar-refractivity contribution is 6.63. The second kappa shape index (κ2) is 4.72. The predicted octanol–water partition coefficient (Wildman–Crippen LogP) is 3.01. The topological polar surface area (TPSA) is 27.7 Å². The molecule has 0 bridgehead atoms. The molecule has 0 unspecified atom stereocenters. The Morgan fingerprint density at radius 3 is 2.19 bits per heavy atom. The molecule has 1 aliphatic heterocycles. The molecule has 2 aliphatic rings. The third-order valence-electron chi connectivity index (χ3n) is 4.87. The minimum Gasteiger partial charge on any atom is -0.497 e. The summed E-state index contributed by atoms with van der Waals surface area (Å²) in [5.41, 5.74) is 0.688. The molecule has 1 aromatic carbocycles. The van der Waals surface area contributed by atoms with Crippen LogP contribution in [0.2, 0.25) is 0 Å².